The van der Waals surface area contributed by atoms with Crippen LogP contribution in [0.4, 0.5) is 5.69 Å². The molecule has 9 nitrogen and oxygen atoms in total. The maximum Gasteiger partial charge on any atom is 0.357 e. The number of esters is 1. The summed E-state index contributed by atoms with van der Waals surface area (Å²) in [7, 11) is 0. The zero-order chi connectivity index (χ0) is 27.5. The Hall–Kier alpha value is -2.86. The number of nitro groups is 1. The lowest BCUT2D eigenvalue weighted by Crippen LogP contribution is -2.61. The van der Waals surface area contributed by atoms with Gasteiger partial charge in [-0.15, -0.1) is 11.8 Å². The summed E-state index contributed by atoms with van der Waals surface area (Å²) in [5, 5.41) is 21.3. The van der Waals surface area contributed by atoms with E-state index in [2.05, 4.69) is 17.0 Å². The molecule has 0 radical (unpaired) electrons. The highest BCUT2D eigenvalue weighted by Gasteiger charge is 2.58. The molecule has 3 aliphatic heterocycles. The van der Waals surface area contributed by atoms with Crippen LogP contribution in [0.1, 0.15) is 37.3 Å². The molecule has 1 N–H and O–H groups in total. The van der Waals surface area contributed by atoms with Crippen LogP contribution in [-0.4, -0.2) is 61.5 Å². The van der Waals surface area contributed by atoms with Crippen LogP contribution in [0.3, 0.4) is 0 Å². The molecule has 2 saturated heterocycles. The molecule has 2 aromatic carbocycles. The summed E-state index contributed by atoms with van der Waals surface area (Å²) in [5.41, 5.74) is 2.09. The number of aliphatic hydroxyl groups excluding tert-OH is 1. The number of β-lactam (4-membered cyclic amide) rings is 1. The molecular weight excluding hydrogens is 538 g/mol. The molecule has 4 atom stereocenters. The molecule has 2 aromatic rings. The Labute approximate surface area is 235 Å². The molecule has 0 bridgehead atoms. The number of aliphatic hydroxyl groups is 1. The third-order valence-corrected chi connectivity index (χ3v) is 10.1. The standard InChI is InChI=1S/C28H31N3O6S2/c1-2-22(32)23-25(33)30-24(27(34)37-17-19-10-12-20(13-11-19)31(35)36)28(39-26(23)30)38-21-9-6-14-29(16-21)15-18-7-4-3-5-8-18/h3-5,7-8,10-13,21-23,26,32H,2,6,9,14-17H2,1H3/t21?,22-,23+,26+/m0/s1. The predicted molar refractivity (Wildman–Crippen MR) is 150 cm³/mol. The van der Waals surface area contributed by atoms with E-state index in [4.69, 9.17) is 4.74 Å². The van der Waals surface area contributed by atoms with E-state index < -0.39 is 22.9 Å². The van der Waals surface area contributed by atoms with Crippen molar-refractivity contribution in [2.24, 2.45) is 5.92 Å². The van der Waals surface area contributed by atoms with Crippen molar-refractivity contribution in [3.8, 4) is 0 Å². The Morgan fingerprint density at radius 1 is 1.21 bits per heavy atom. The lowest BCUT2D eigenvalue weighted by atomic mass is 9.90. The monoisotopic (exact) mass is 569 g/mol. The molecular formula is C28H31N3O6S2. The lowest BCUT2D eigenvalue weighted by Gasteiger charge is -2.44. The van der Waals surface area contributed by atoms with Gasteiger partial charge in [-0.1, -0.05) is 49.0 Å². The van der Waals surface area contributed by atoms with Gasteiger partial charge < -0.3 is 9.84 Å². The summed E-state index contributed by atoms with van der Waals surface area (Å²) >= 11 is 3.10. The smallest absolute Gasteiger partial charge is 0.357 e. The third-order valence-electron chi connectivity index (χ3n) is 7.27. The normalized spacial score (nSPS) is 23.8. The second-order valence-corrected chi connectivity index (χ2v) is 12.7. The van der Waals surface area contributed by atoms with E-state index >= 15 is 0 Å². The van der Waals surface area contributed by atoms with Gasteiger partial charge in [0, 0.05) is 30.5 Å². The Kier molecular flexibility index (Phi) is 8.61. The van der Waals surface area contributed by atoms with Crippen LogP contribution in [0.2, 0.25) is 0 Å². The molecule has 206 valence electrons. The number of rotatable bonds is 10. The maximum absolute atomic E-state index is 13.4. The number of ether oxygens (including phenoxy) is 1. The Morgan fingerprint density at radius 2 is 1.95 bits per heavy atom. The number of non-ortho nitro benzene ring substituents is 1. The number of nitro benzene ring substituents is 1. The number of thioether (sulfide) groups is 2. The van der Waals surface area contributed by atoms with Gasteiger partial charge in [-0.3, -0.25) is 24.7 Å². The lowest BCUT2D eigenvalue weighted by molar-refractivity contribution is -0.384. The summed E-state index contributed by atoms with van der Waals surface area (Å²) < 4.78 is 6.36. The fourth-order valence-electron chi connectivity index (χ4n) is 5.16. The first kappa shape index (κ1) is 27.7. The van der Waals surface area contributed by atoms with Crippen molar-refractivity contribution in [2.75, 3.05) is 13.1 Å². The van der Waals surface area contributed by atoms with Crippen molar-refractivity contribution < 1.29 is 24.4 Å². The first-order valence-electron chi connectivity index (χ1n) is 13.1. The van der Waals surface area contributed by atoms with Gasteiger partial charge in [0.15, 0.2) is 5.70 Å². The minimum absolute atomic E-state index is 0.0398. The molecule has 3 heterocycles. The van der Waals surface area contributed by atoms with Crippen LogP contribution in [0.15, 0.2) is 64.5 Å². The van der Waals surface area contributed by atoms with Gasteiger partial charge in [-0.2, -0.15) is 0 Å². The van der Waals surface area contributed by atoms with E-state index in [0.717, 1.165) is 36.7 Å². The molecule has 0 aromatic heterocycles. The molecule has 0 saturated carbocycles. The minimum atomic E-state index is -0.760. The van der Waals surface area contributed by atoms with Gasteiger partial charge in [-0.05, 0) is 49.1 Å². The maximum atomic E-state index is 13.4. The number of benzene rings is 2. The fourth-order valence-corrected chi connectivity index (χ4v) is 8.53. The largest absolute Gasteiger partial charge is 0.456 e. The van der Waals surface area contributed by atoms with Crippen LogP contribution >= 0.6 is 23.5 Å². The number of hydrogen-bond donors (Lipinski definition) is 1. The van der Waals surface area contributed by atoms with Crippen LogP contribution in [0.5, 0.6) is 0 Å². The molecule has 5 rings (SSSR count). The highest BCUT2D eigenvalue weighted by Crippen LogP contribution is 2.55. The van der Waals surface area contributed by atoms with Gasteiger partial charge in [0.1, 0.15) is 12.0 Å². The SMILES string of the molecule is CC[C@H](O)[C@@H]1C(=O)N2C(C(=O)OCc3ccc([N+](=O)[O-])cc3)=C(SC3CCCN(Cc4ccccc4)C3)S[C@H]12. The number of likely N-dealkylation sites (tertiary alicyclic amines) is 1. The second-order valence-electron chi connectivity index (χ2n) is 9.96. The molecule has 3 aliphatic rings. The highest BCUT2D eigenvalue weighted by molar-refractivity contribution is 8.23. The van der Waals surface area contributed by atoms with Crippen molar-refractivity contribution in [3.63, 3.8) is 0 Å². The van der Waals surface area contributed by atoms with E-state index in [9.17, 15) is 24.8 Å². The summed E-state index contributed by atoms with van der Waals surface area (Å²) in [4.78, 5) is 40.7. The number of hydrogen-bond acceptors (Lipinski definition) is 9. The molecule has 2 fully saturated rings. The molecule has 1 amide bonds. The van der Waals surface area contributed by atoms with Crippen LogP contribution in [0, 0.1) is 16.0 Å². The number of amides is 1. The Morgan fingerprint density at radius 3 is 2.64 bits per heavy atom. The zero-order valence-electron chi connectivity index (χ0n) is 21.6. The van der Waals surface area contributed by atoms with Gasteiger partial charge in [0.2, 0.25) is 5.91 Å². The van der Waals surface area contributed by atoms with Crippen LogP contribution < -0.4 is 0 Å². The zero-order valence-corrected chi connectivity index (χ0v) is 23.2. The average molecular weight is 570 g/mol. The predicted octanol–water partition coefficient (Wildman–Crippen LogP) is 4.51. The Balaban J connectivity index is 1.30. The second kappa shape index (κ2) is 12.1. The van der Waals surface area contributed by atoms with Gasteiger partial charge in [-0.25, -0.2) is 4.79 Å². The summed E-state index contributed by atoms with van der Waals surface area (Å²) in [6.07, 6.45) is 1.75. The van der Waals surface area contributed by atoms with Gasteiger partial charge in [0.25, 0.3) is 5.69 Å². The summed E-state index contributed by atoms with van der Waals surface area (Å²) in [6.45, 7) is 4.53. The van der Waals surface area contributed by atoms with E-state index in [0.29, 0.717) is 12.0 Å². The molecule has 11 heteroatoms. The topological polar surface area (TPSA) is 113 Å². The third kappa shape index (κ3) is 6.01. The number of piperidine rings is 1. The number of nitrogens with zero attached hydrogens (tertiary/aromatic N) is 3. The van der Waals surface area contributed by atoms with Crippen molar-refractivity contribution in [3.05, 3.63) is 85.8 Å². The average Bonchev–Trinajstić information content (AvgIpc) is 3.26. The van der Waals surface area contributed by atoms with Crippen molar-refractivity contribution in [1.29, 1.82) is 0 Å². The Bertz CT molecular complexity index is 1260. The van der Waals surface area contributed by atoms with Gasteiger partial charge in [0.05, 0.1) is 21.2 Å². The molecule has 1 unspecified atom stereocenters. The number of carbonyl (C=O) groups excluding carboxylic acids is 2. The van der Waals surface area contributed by atoms with Crippen LogP contribution in [-0.2, 0) is 27.5 Å². The first-order valence-corrected chi connectivity index (χ1v) is 14.9. The summed E-state index contributed by atoms with van der Waals surface area (Å²) in [6, 6.07) is 16.2. The fraction of sp³-hybridized carbons (Fsp3) is 0.429. The van der Waals surface area contributed by atoms with E-state index in [1.807, 2.05) is 25.1 Å². The van der Waals surface area contributed by atoms with Crippen LogP contribution in [0.25, 0.3) is 0 Å². The molecule has 0 aliphatic carbocycles. The molecule has 39 heavy (non-hydrogen) atoms. The van der Waals surface area contributed by atoms with E-state index in [-0.39, 0.29) is 34.5 Å². The molecule has 0 spiro atoms. The van der Waals surface area contributed by atoms with Gasteiger partial charge >= 0.3 is 5.97 Å². The van der Waals surface area contributed by atoms with Crippen molar-refractivity contribution >= 4 is 41.1 Å². The van der Waals surface area contributed by atoms with E-state index in [1.54, 1.807) is 23.9 Å². The number of fused-ring (bicyclic) bond motifs is 1. The first-order chi connectivity index (χ1) is 18.9. The quantitative estimate of drug-likeness (QED) is 0.191. The van der Waals surface area contributed by atoms with Crippen molar-refractivity contribution in [2.45, 2.75) is 56.1 Å². The highest BCUT2D eigenvalue weighted by atomic mass is 32.2. The minimum Gasteiger partial charge on any atom is -0.456 e. The van der Waals surface area contributed by atoms with Crippen molar-refractivity contribution in [1.82, 2.24) is 9.80 Å². The summed E-state index contributed by atoms with van der Waals surface area (Å²) in [5.74, 6) is -1.40. The number of carbonyl (C=O) groups is 2. The van der Waals surface area contributed by atoms with E-state index in [1.165, 1.54) is 34.4 Å².